The van der Waals surface area contributed by atoms with Crippen LogP contribution in [0.5, 0.6) is 0 Å². The number of amides is 1. The monoisotopic (exact) mass is 333 g/mol. The third-order valence-corrected chi connectivity index (χ3v) is 3.94. The lowest BCUT2D eigenvalue weighted by atomic mass is 10.2. The highest BCUT2D eigenvalue weighted by atomic mass is 79.9. The molecule has 0 bridgehead atoms. The number of rotatable bonds is 5. The SMILES string of the molecule is CC(C)N(CCC(N)=NO)C(=O)c1csc(Br)c1. The van der Waals surface area contributed by atoms with Crippen LogP contribution in [0, 0.1) is 0 Å². The molecule has 0 aliphatic carbocycles. The first-order valence-corrected chi connectivity index (χ1v) is 7.14. The van der Waals surface area contributed by atoms with Gasteiger partial charge in [0.05, 0.1) is 9.35 Å². The van der Waals surface area contributed by atoms with Crippen LogP contribution in [0.3, 0.4) is 0 Å². The number of oxime groups is 1. The van der Waals surface area contributed by atoms with Crippen molar-refractivity contribution in [3.63, 3.8) is 0 Å². The predicted molar refractivity (Wildman–Crippen MR) is 76.2 cm³/mol. The third-order valence-electron chi connectivity index (χ3n) is 2.44. The van der Waals surface area contributed by atoms with Crippen LogP contribution in [0.4, 0.5) is 0 Å². The van der Waals surface area contributed by atoms with E-state index in [1.807, 2.05) is 19.2 Å². The highest BCUT2D eigenvalue weighted by Gasteiger charge is 2.19. The number of nitrogens with two attached hydrogens (primary N) is 1. The van der Waals surface area contributed by atoms with Gasteiger partial charge in [-0.05, 0) is 35.8 Å². The summed E-state index contributed by atoms with van der Waals surface area (Å²) in [6, 6.07) is 1.86. The van der Waals surface area contributed by atoms with Crippen molar-refractivity contribution >= 4 is 39.0 Å². The van der Waals surface area contributed by atoms with E-state index < -0.39 is 0 Å². The van der Waals surface area contributed by atoms with E-state index in [-0.39, 0.29) is 17.8 Å². The first-order valence-electron chi connectivity index (χ1n) is 5.47. The molecule has 3 N–H and O–H groups in total. The average Bonchev–Trinajstić information content (AvgIpc) is 2.75. The summed E-state index contributed by atoms with van der Waals surface area (Å²) in [7, 11) is 0. The summed E-state index contributed by atoms with van der Waals surface area (Å²) < 4.78 is 0.922. The molecule has 1 aromatic heterocycles. The molecule has 0 saturated heterocycles. The summed E-state index contributed by atoms with van der Waals surface area (Å²) in [5.41, 5.74) is 6.07. The molecule has 5 nitrogen and oxygen atoms in total. The fourth-order valence-electron chi connectivity index (χ4n) is 1.47. The van der Waals surface area contributed by atoms with Crippen molar-refractivity contribution in [1.82, 2.24) is 4.90 Å². The summed E-state index contributed by atoms with van der Waals surface area (Å²) in [6.07, 6.45) is 0.353. The van der Waals surface area contributed by atoms with Crippen molar-refractivity contribution in [3.8, 4) is 0 Å². The van der Waals surface area contributed by atoms with E-state index in [1.165, 1.54) is 11.3 Å². The lowest BCUT2D eigenvalue weighted by Crippen LogP contribution is -2.39. The van der Waals surface area contributed by atoms with Gasteiger partial charge in [0.2, 0.25) is 0 Å². The quantitative estimate of drug-likeness (QED) is 0.376. The Bertz CT molecular complexity index is 445. The van der Waals surface area contributed by atoms with E-state index in [4.69, 9.17) is 10.9 Å². The minimum atomic E-state index is -0.0438. The second-order valence-corrected chi connectivity index (χ2v) is 6.36. The average molecular weight is 334 g/mol. The third kappa shape index (κ3) is 3.99. The van der Waals surface area contributed by atoms with Gasteiger partial charge in [-0.15, -0.1) is 11.3 Å². The molecule has 100 valence electrons. The van der Waals surface area contributed by atoms with Gasteiger partial charge in [0, 0.05) is 24.4 Å². The van der Waals surface area contributed by atoms with Crippen LogP contribution >= 0.6 is 27.3 Å². The summed E-state index contributed by atoms with van der Waals surface area (Å²) in [6.45, 7) is 4.30. The minimum absolute atomic E-state index is 0.0438. The highest BCUT2D eigenvalue weighted by Crippen LogP contribution is 2.22. The zero-order valence-corrected chi connectivity index (χ0v) is 12.7. The molecule has 0 unspecified atom stereocenters. The van der Waals surface area contributed by atoms with E-state index in [0.717, 1.165) is 3.79 Å². The molecule has 0 aliphatic rings. The molecular formula is C11H16BrN3O2S. The first kappa shape index (κ1) is 15.0. The Morgan fingerprint density at radius 3 is 2.78 bits per heavy atom. The Labute approximate surface area is 118 Å². The van der Waals surface area contributed by atoms with Crippen LogP contribution in [-0.2, 0) is 0 Å². The molecule has 0 aromatic carbocycles. The van der Waals surface area contributed by atoms with Crippen LogP contribution in [0.2, 0.25) is 0 Å². The molecule has 0 fully saturated rings. The van der Waals surface area contributed by atoms with Gasteiger partial charge in [-0.25, -0.2) is 0 Å². The number of thiophene rings is 1. The summed E-state index contributed by atoms with van der Waals surface area (Å²) in [4.78, 5) is 14.0. The van der Waals surface area contributed by atoms with E-state index >= 15 is 0 Å². The van der Waals surface area contributed by atoms with E-state index in [2.05, 4.69) is 21.1 Å². The molecule has 1 amide bonds. The van der Waals surface area contributed by atoms with Crippen LogP contribution in [-0.4, -0.2) is 34.4 Å². The van der Waals surface area contributed by atoms with Crippen LogP contribution in [0.25, 0.3) is 0 Å². The van der Waals surface area contributed by atoms with Crippen molar-refractivity contribution in [2.24, 2.45) is 10.9 Å². The van der Waals surface area contributed by atoms with Gasteiger partial charge in [0.15, 0.2) is 0 Å². The number of nitrogens with zero attached hydrogens (tertiary/aromatic N) is 2. The van der Waals surface area contributed by atoms with Gasteiger partial charge in [-0.1, -0.05) is 5.16 Å². The van der Waals surface area contributed by atoms with Crippen molar-refractivity contribution in [1.29, 1.82) is 0 Å². The standard InChI is InChI=1S/C11H16BrN3O2S/c1-7(2)15(4-3-10(13)14-17)11(16)8-5-9(12)18-6-8/h5-7,17H,3-4H2,1-2H3,(H2,13,14). The van der Waals surface area contributed by atoms with Crippen LogP contribution < -0.4 is 5.73 Å². The molecule has 1 heterocycles. The Balaban J connectivity index is 2.76. The fraction of sp³-hybridized carbons (Fsp3) is 0.455. The molecule has 0 atom stereocenters. The van der Waals surface area contributed by atoms with Crippen molar-refractivity contribution in [3.05, 3.63) is 20.8 Å². The Hall–Kier alpha value is -1.08. The molecule has 0 saturated carbocycles. The van der Waals surface area contributed by atoms with E-state index in [1.54, 1.807) is 11.0 Å². The van der Waals surface area contributed by atoms with Gasteiger partial charge >= 0.3 is 0 Å². The minimum Gasteiger partial charge on any atom is -0.409 e. The van der Waals surface area contributed by atoms with Gasteiger partial charge in [0.25, 0.3) is 5.91 Å². The summed E-state index contributed by atoms with van der Waals surface area (Å²) in [5, 5.41) is 13.2. The van der Waals surface area contributed by atoms with Crippen molar-refractivity contribution < 1.29 is 10.0 Å². The Kier molecular flexibility index (Phi) is 5.61. The largest absolute Gasteiger partial charge is 0.409 e. The maximum absolute atomic E-state index is 12.3. The molecule has 1 rings (SSSR count). The van der Waals surface area contributed by atoms with E-state index in [0.29, 0.717) is 18.5 Å². The van der Waals surface area contributed by atoms with E-state index in [9.17, 15) is 4.79 Å². The first-order chi connectivity index (χ1) is 8.45. The molecule has 0 aliphatic heterocycles. The highest BCUT2D eigenvalue weighted by molar-refractivity contribution is 9.11. The van der Waals surface area contributed by atoms with Crippen LogP contribution in [0.15, 0.2) is 20.4 Å². The number of amidine groups is 1. The lowest BCUT2D eigenvalue weighted by Gasteiger charge is -2.26. The summed E-state index contributed by atoms with van der Waals surface area (Å²) >= 11 is 4.81. The number of halogens is 1. The molecule has 7 heteroatoms. The lowest BCUT2D eigenvalue weighted by molar-refractivity contribution is 0.0711. The number of hydrogen-bond donors (Lipinski definition) is 2. The van der Waals surface area contributed by atoms with Crippen molar-refractivity contribution in [2.45, 2.75) is 26.3 Å². The number of carbonyl (C=O) groups excluding carboxylic acids is 1. The van der Waals surface area contributed by atoms with Gasteiger partial charge in [-0.2, -0.15) is 0 Å². The number of hydrogen-bond acceptors (Lipinski definition) is 4. The zero-order valence-electron chi connectivity index (χ0n) is 10.3. The second kappa shape index (κ2) is 6.75. The van der Waals surface area contributed by atoms with Gasteiger partial charge in [-0.3, -0.25) is 4.79 Å². The normalized spacial score (nSPS) is 11.9. The predicted octanol–water partition coefficient (Wildman–Crippen LogP) is 2.50. The molecule has 0 spiro atoms. The molecule has 1 aromatic rings. The molecular weight excluding hydrogens is 318 g/mol. The fourth-order valence-corrected chi connectivity index (χ4v) is 2.60. The topological polar surface area (TPSA) is 78.9 Å². The maximum Gasteiger partial charge on any atom is 0.254 e. The second-order valence-electron chi connectivity index (χ2n) is 4.07. The summed E-state index contributed by atoms with van der Waals surface area (Å²) in [5.74, 6) is 0.0811. The van der Waals surface area contributed by atoms with Crippen molar-refractivity contribution in [2.75, 3.05) is 6.54 Å². The maximum atomic E-state index is 12.3. The molecule has 18 heavy (non-hydrogen) atoms. The molecule has 0 radical (unpaired) electrons. The zero-order chi connectivity index (χ0) is 13.7. The van der Waals surface area contributed by atoms with Gasteiger partial charge in [0.1, 0.15) is 5.84 Å². The Morgan fingerprint density at radius 1 is 1.67 bits per heavy atom. The van der Waals surface area contributed by atoms with Crippen LogP contribution in [0.1, 0.15) is 30.6 Å². The smallest absolute Gasteiger partial charge is 0.254 e. The Morgan fingerprint density at radius 2 is 2.33 bits per heavy atom. The number of carbonyl (C=O) groups is 1. The van der Waals surface area contributed by atoms with Gasteiger partial charge < -0.3 is 15.8 Å².